The Balaban J connectivity index is 4.80. The van der Waals surface area contributed by atoms with E-state index in [1.165, 1.54) is 12.5 Å². The summed E-state index contributed by atoms with van der Waals surface area (Å²) >= 11 is 1.78. The van der Waals surface area contributed by atoms with Gasteiger partial charge in [0, 0.05) is 0 Å². The molecule has 0 aromatic heterocycles. The second kappa shape index (κ2) is 11.3. The first-order valence-corrected chi connectivity index (χ1v) is 12.9. The molecule has 0 aliphatic heterocycles. The molecule has 0 unspecified atom stereocenters. The molecule has 11 heteroatoms. The molecule has 0 radical (unpaired) electrons. The van der Waals surface area contributed by atoms with Crippen molar-refractivity contribution in [2.24, 2.45) is 0 Å². The van der Waals surface area contributed by atoms with E-state index >= 15 is 0 Å². The highest BCUT2D eigenvalue weighted by atomic mass is 33.1. The molecule has 142 valence electrons. The Morgan fingerprint density at radius 1 is 1.12 bits per heavy atom. The van der Waals surface area contributed by atoms with Crippen LogP contribution in [0.25, 0.3) is 0 Å². The number of unbranched alkanes of at least 4 members (excludes halogenated alkanes) is 3. The monoisotopic (exact) mass is 409 g/mol. The van der Waals surface area contributed by atoms with E-state index in [-0.39, 0.29) is 11.5 Å². The first-order valence-electron chi connectivity index (χ1n) is 7.32. The molecule has 0 spiro atoms. The molecule has 0 aliphatic rings. The predicted molar refractivity (Wildman–Crippen MR) is 92.4 cm³/mol. The molecule has 24 heavy (non-hydrogen) atoms. The van der Waals surface area contributed by atoms with Gasteiger partial charge in [0.15, 0.2) is 0 Å². The van der Waals surface area contributed by atoms with Gasteiger partial charge in [-0.3, -0.25) is 14.2 Å². The van der Waals surface area contributed by atoms with Crippen molar-refractivity contribution in [2.45, 2.75) is 38.8 Å². The highest BCUT2D eigenvalue weighted by Gasteiger charge is 2.45. The van der Waals surface area contributed by atoms with Crippen LogP contribution < -0.4 is 0 Å². The van der Waals surface area contributed by atoms with E-state index < -0.39 is 36.4 Å². The average molecular weight is 409 g/mol. The van der Waals surface area contributed by atoms with Gasteiger partial charge >= 0.3 is 18.1 Å². The standard InChI is InChI=1S/C13H23F3NO4PS2/c1-4-5-6-7-8-21-11(18)9-17(12(19)13(14,15)16)10-22(20,23-2)24-3/h4-10H2,1-3H3. The minimum absolute atomic E-state index is 0.0929. The lowest BCUT2D eigenvalue weighted by molar-refractivity contribution is -0.186. The molecule has 0 fully saturated rings. The summed E-state index contributed by atoms with van der Waals surface area (Å²) in [5, 5.41) is 0. The van der Waals surface area contributed by atoms with E-state index in [9.17, 15) is 27.3 Å². The second-order valence-corrected chi connectivity index (χ2v) is 13.6. The summed E-state index contributed by atoms with van der Waals surface area (Å²) in [5.41, 5.74) is -3.13. The summed E-state index contributed by atoms with van der Waals surface area (Å²) in [6.45, 7) is 1.25. The second-order valence-electron chi connectivity index (χ2n) is 4.90. The minimum atomic E-state index is -5.14. The number of esters is 1. The Hall–Kier alpha value is -0.340. The molecular weight excluding hydrogens is 386 g/mol. The molecule has 0 saturated carbocycles. The number of carbonyl (C=O) groups is 2. The van der Waals surface area contributed by atoms with Crippen molar-refractivity contribution in [1.82, 2.24) is 4.90 Å². The molecule has 5 nitrogen and oxygen atoms in total. The lowest BCUT2D eigenvalue weighted by atomic mass is 10.2. The van der Waals surface area contributed by atoms with Crippen molar-refractivity contribution in [1.29, 1.82) is 0 Å². The average Bonchev–Trinajstić information content (AvgIpc) is 2.52. The van der Waals surface area contributed by atoms with Crippen LogP contribution in [0.3, 0.4) is 0 Å². The molecule has 0 saturated heterocycles. The molecule has 0 aliphatic carbocycles. The predicted octanol–water partition coefficient (Wildman–Crippen LogP) is 4.38. The van der Waals surface area contributed by atoms with Crippen LogP contribution in [0, 0.1) is 0 Å². The van der Waals surface area contributed by atoms with E-state index in [1.807, 2.05) is 6.92 Å². The number of nitrogens with zero attached hydrogens (tertiary/aromatic N) is 1. The zero-order chi connectivity index (χ0) is 18.8. The summed E-state index contributed by atoms with van der Waals surface area (Å²) < 4.78 is 55.2. The highest BCUT2D eigenvalue weighted by molar-refractivity contribution is 8.90. The maximum absolute atomic E-state index is 12.7. The van der Waals surface area contributed by atoms with Gasteiger partial charge in [-0.1, -0.05) is 48.9 Å². The van der Waals surface area contributed by atoms with Gasteiger partial charge in [-0.15, -0.1) is 0 Å². The lowest BCUT2D eigenvalue weighted by Crippen LogP contribution is -2.44. The van der Waals surface area contributed by atoms with Crippen LogP contribution in [-0.2, 0) is 18.9 Å². The molecule has 0 bridgehead atoms. The molecule has 1 amide bonds. The Labute approximate surface area is 148 Å². The number of hydrogen-bond acceptors (Lipinski definition) is 6. The molecule has 0 aromatic carbocycles. The summed E-state index contributed by atoms with van der Waals surface area (Å²) in [6.07, 6.45) is 0.631. The molecule has 0 rings (SSSR count). The van der Waals surface area contributed by atoms with Gasteiger partial charge in [-0.05, 0) is 18.9 Å². The molecule has 0 heterocycles. The fraction of sp³-hybridized carbons (Fsp3) is 0.846. The van der Waals surface area contributed by atoms with Crippen molar-refractivity contribution in [2.75, 3.05) is 31.9 Å². The van der Waals surface area contributed by atoms with Crippen LogP contribution in [0.5, 0.6) is 0 Å². The van der Waals surface area contributed by atoms with Gasteiger partial charge in [0.1, 0.15) is 6.54 Å². The Morgan fingerprint density at radius 3 is 2.17 bits per heavy atom. The quantitative estimate of drug-likeness (QED) is 0.287. The van der Waals surface area contributed by atoms with E-state index in [2.05, 4.69) is 0 Å². The summed E-state index contributed by atoms with van der Waals surface area (Å²) in [4.78, 5) is 23.4. The number of amides is 1. The minimum Gasteiger partial charge on any atom is -0.464 e. The van der Waals surface area contributed by atoms with Crippen LogP contribution in [0.2, 0.25) is 0 Å². The SMILES string of the molecule is CCCCCCOC(=O)CN(CP(=O)(SC)SC)C(=O)C(F)(F)F. The summed E-state index contributed by atoms with van der Waals surface area (Å²) in [7, 11) is 0. The topological polar surface area (TPSA) is 63.7 Å². The summed E-state index contributed by atoms with van der Waals surface area (Å²) in [5.74, 6) is -3.12. The van der Waals surface area contributed by atoms with E-state index in [0.717, 1.165) is 42.0 Å². The maximum atomic E-state index is 12.7. The summed E-state index contributed by atoms with van der Waals surface area (Å²) in [6, 6.07) is 0. The van der Waals surface area contributed by atoms with E-state index in [1.54, 1.807) is 0 Å². The lowest BCUT2D eigenvalue weighted by Gasteiger charge is -2.25. The first-order chi connectivity index (χ1) is 11.1. The van der Waals surface area contributed by atoms with Crippen LogP contribution in [0.1, 0.15) is 32.6 Å². The van der Waals surface area contributed by atoms with E-state index in [0.29, 0.717) is 6.42 Å². The van der Waals surface area contributed by atoms with Crippen LogP contribution in [0.4, 0.5) is 13.2 Å². The first kappa shape index (κ1) is 23.7. The van der Waals surface area contributed by atoms with Crippen molar-refractivity contribution in [3.05, 3.63) is 0 Å². The number of carbonyl (C=O) groups excluding carboxylic acids is 2. The fourth-order valence-corrected chi connectivity index (χ4v) is 6.03. The largest absolute Gasteiger partial charge is 0.471 e. The molecule has 0 N–H and O–H groups in total. The van der Waals surface area contributed by atoms with Crippen molar-refractivity contribution < 1.29 is 32.1 Å². The Kier molecular flexibility index (Phi) is 11.1. The zero-order valence-corrected chi connectivity index (χ0v) is 16.5. The third kappa shape index (κ3) is 9.22. The van der Waals surface area contributed by atoms with Crippen LogP contribution >= 0.6 is 28.3 Å². The van der Waals surface area contributed by atoms with Gasteiger partial charge in [-0.25, -0.2) is 0 Å². The highest BCUT2D eigenvalue weighted by Crippen LogP contribution is 2.67. The Morgan fingerprint density at radius 2 is 1.71 bits per heavy atom. The van der Waals surface area contributed by atoms with Crippen LogP contribution in [0.15, 0.2) is 0 Å². The molecular formula is C13H23F3NO4PS2. The van der Waals surface area contributed by atoms with Crippen LogP contribution in [-0.4, -0.2) is 54.9 Å². The number of rotatable bonds is 11. The molecule has 0 atom stereocenters. The normalized spacial score (nSPS) is 12.1. The maximum Gasteiger partial charge on any atom is 0.471 e. The third-order valence-corrected chi connectivity index (χ3v) is 11.5. The smallest absolute Gasteiger partial charge is 0.464 e. The van der Waals surface area contributed by atoms with E-state index in [4.69, 9.17) is 4.74 Å². The molecule has 0 aromatic rings. The number of halogens is 3. The van der Waals surface area contributed by atoms with Gasteiger partial charge in [0.05, 0.1) is 12.9 Å². The zero-order valence-electron chi connectivity index (χ0n) is 13.9. The number of alkyl halides is 3. The van der Waals surface area contributed by atoms with Gasteiger partial charge in [0.2, 0.25) is 5.55 Å². The van der Waals surface area contributed by atoms with Crippen molar-refractivity contribution in [3.8, 4) is 0 Å². The number of hydrogen-bond donors (Lipinski definition) is 0. The van der Waals surface area contributed by atoms with Crippen molar-refractivity contribution >= 4 is 40.2 Å². The fourth-order valence-electron chi connectivity index (χ4n) is 1.68. The van der Waals surface area contributed by atoms with Gasteiger partial charge < -0.3 is 9.64 Å². The van der Waals surface area contributed by atoms with Gasteiger partial charge in [-0.2, -0.15) is 13.2 Å². The third-order valence-electron chi connectivity index (χ3n) is 3.01. The Bertz CT molecular complexity index is 455. The van der Waals surface area contributed by atoms with Gasteiger partial charge in [0.25, 0.3) is 0 Å². The van der Waals surface area contributed by atoms with Crippen molar-refractivity contribution in [3.63, 3.8) is 0 Å². The number of ether oxygens (including phenoxy) is 1.